The van der Waals surface area contributed by atoms with Crippen molar-refractivity contribution in [3.8, 4) is 5.75 Å². The summed E-state index contributed by atoms with van der Waals surface area (Å²) in [7, 11) is -4.48. The van der Waals surface area contributed by atoms with E-state index in [1.54, 1.807) is 12.1 Å². The summed E-state index contributed by atoms with van der Waals surface area (Å²) in [5.41, 5.74) is 3.32. The molecule has 1 saturated heterocycles. The molecule has 1 N–H and O–H groups in total. The maximum Gasteiger partial charge on any atom is 0.417 e. The summed E-state index contributed by atoms with van der Waals surface area (Å²) >= 11 is 3.71. The third-order valence-electron chi connectivity index (χ3n) is 11.3. The van der Waals surface area contributed by atoms with E-state index in [4.69, 9.17) is 13.6 Å². The summed E-state index contributed by atoms with van der Waals surface area (Å²) in [6.07, 6.45) is -1.13. The van der Waals surface area contributed by atoms with E-state index in [1.165, 1.54) is 28.8 Å². The molecule has 1 heterocycles. The van der Waals surface area contributed by atoms with Gasteiger partial charge in [-0.2, -0.15) is 0 Å². The summed E-state index contributed by atoms with van der Waals surface area (Å²) in [6, 6.07) is 30.7. The third-order valence-corrected chi connectivity index (χ3v) is 22.2. The van der Waals surface area contributed by atoms with Crippen molar-refractivity contribution in [3.63, 3.8) is 0 Å². The van der Waals surface area contributed by atoms with Crippen molar-refractivity contribution in [1.29, 1.82) is 0 Å². The van der Waals surface area contributed by atoms with Gasteiger partial charge < -0.3 is 18.9 Å². The molecule has 0 bridgehead atoms. The molecule has 7 nitrogen and oxygen atoms in total. The molecule has 0 aliphatic carbocycles. The minimum atomic E-state index is -2.36. The summed E-state index contributed by atoms with van der Waals surface area (Å²) in [4.78, 5) is 30.1. The predicted molar refractivity (Wildman–Crippen MR) is 241 cm³/mol. The first kappa shape index (κ1) is 43.9. The third kappa shape index (κ3) is 10.7. The highest BCUT2D eigenvalue weighted by atomic mass is 127. The zero-order valence-corrected chi connectivity index (χ0v) is 39.2. The molecule has 4 aromatic rings. The summed E-state index contributed by atoms with van der Waals surface area (Å²) in [5, 5.41) is 2.78. The number of rotatable bonds is 14. The van der Waals surface area contributed by atoms with Gasteiger partial charge in [0, 0.05) is 15.0 Å². The van der Waals surface area contributed by atoms with Crippen molar-refractivity contribution < 1.29 is 27.6 Å². The van der Waals surface area contributed by atoms with Crippen LogP contribution < -0.4 is 9.74 Å². The number of cyclic esters (lactones) is 1. The SMILES string of the molecule is CC(C)(C)[Si](C)(C)Oc1ccc([C@@H](Nc2ccc(I)cc2)[C@@H](SC[C@@H](O[Si](C)(C)C(C)(C)C)c2ccc(F)cc2)C(=O)N2C(=O)OC[C@@H]2c2ccccc2)cc1. The Balaban J connectivity index is 1.61. The number of carbonyl (C=O) groups excluding carboxylic acids is 2. The Morgan fingerprint density at radius 2 is 1.43 bits per heavy atom. The van der Waals surface area contributed by atoms with E-state index in [-0.39, 0.29) is 28.4 Å². The first-order valence-corrected chi connectivity index (χ1v) is 27.0. The molecule has 1 fully saturated rings. The van der Waals surface area contributed by atoms with Crippen molar-refractivity contribution in [3.05, 3.63) is 129 Å². The van der Waals surface area contributed by atoms with Gasteiger partial charge >= 0.3 is 6.09 Å². The Labute approximate surface area is 352 Å². The van der Waals surface area contributed by atoms with Gasteiger partial charge in [0.15, 0.2) is 8.32 Å². The first-order chi connectivity index (χ1) is 26.2. The normalized spacial score (nSPS) is 16.9. The maximum absolute atomic E-state index is 15.3. The zero-order valence-electron chi connectivity index (χ0n) is 34.2. The second kappa shape index (κ2) is 17.8. The van der Waals surface area contributed by atoms with Gasteiger partial charge in [0.25, 0.3) is 0 Å². The van der Waals surface area contributed by atoms with Gasteiger partial charge in [0.2, 0.25) is 14.2 Å². The van der Waals surface area contributed by atoms with Crippen LogP contribution in [0.5, 0.6) is 5.75 Å². The molecule has 4 aromatic carbocycles. The van der Waals surface area contributed by atoms with Gasteiger partial charge in [0.1, 0.15) is 29.5 Å². The Morgan fingerprint density at radius 3 is 2.00 bits per heavy atom. The number of nitrogens with zero attached hydrogens (tertiary/aromatic N) is 1. The van der Waals surface area contributed by atoms with E-state index in [1.807, 2.05) is 78.9 Å². The molecule has 2 amide bonds. The molecule has 4 atom stereocenters. The fourth-order valence-electron chi connectivity index (χ4n) is 5.88. The van der Waals surface area contributed by atoms with Crippen molar-refractivity contribution >= 4 is 68.7 Å². The number of carbonyl (C=O) groups is 2. The molecule has 0 spiro atoms. The lowest BCUT2D eigenvalue weighted by Crippen LogP contribution is -2.45. The van der Waals surface area contributed by atoms with Crippen molar-refractivity contribution in [1.82, 2.24) is 4.90 Å². The van der Waals surface area contributed by atoms with Crippen LogP contribution in [0.25, 0.3) is 0 Å². The molecule has 0 radical (unpaired) electrons. The second-order valence-corrected chi connectivity index (χ2v) is 29.3. The van der Waals surface area contributed by atoms with Crippen molar-refractivity contribution in [2.45, 2.75) is 101 Å². The van der Waals surface area contributed by atoms with Crippen LogP contribution in [0.15, 0.2) is 103 Å². The molecule has 56 heavy (non-hydrogen) atoms. The standard InChI is InChI=1S/C44H56FIN2O5SSi2/c1-43(2,3)55(7,8)52-36-26-18-32(19-27-36)39(47-35-24-22-34(46)23-25-35)40(41(49)48-37(28-51-42(48)50)30-14-12-11-13-15-30)54-29-38(31-16-20-33(45)21-17-31)53-56(9,10)44(4,5)6/h11-27,37-40,47H,28-29H2,1-10H3/t37-,38-,39-,40-/m1/s1. The van der Waals surface area contributed by atoms with Gasteiger partial charge in [-0.15, -0.1) is 11.8 Å². The summed E-state index contributed by atoms with van der Waals surface area (Å²) in [6.45, 7) is 22.1. The summed E-state index contributed by atoms with van der Waals surface area (Å²) in [5.74, 6) is 0.435. The zero-order chi connectivity index (χ0) is 41.1. The number of hydrogen-bond acceptors (Lipinski definition) is 7. The smallest absolute Gasteiger partial charge is 0.417 e. The number of thioether (sulfide) groups is 1. The van der Waals surface area contributed by atoms with Gasteiger partial charge in [-0.1, -0.05) is 96.1 Å². The number of imide groups is 1. The number of halogens is 2. The van der Waals surface area contributed by atoms with E-state index in [9.17, 15) is 9.18 Å². The average Bonchev–Trinajstić information content (AvgIpc) is 3.52. The van der Waals surface area contributed by atoms with Crippen LogP contribution in [-0.4, -0.2) is 51.1 Å². The monoisotopic (exact) mass is 926 g/mol. The van der Waals surface area contributed by atoms with E-state index < -0.39 is 46.2 Å². The number of hydrogen-bond donors (Lipinski definition) is 1. The van der Waals surface area contributed by atoms with Crippen LogP contribution in [0, 0.1) is 9.39 Å². The highest BCUT2D eigenvalue weighted by Crippen LogP contribution is 2.44. The van der Waals surface area contributed by atoms with E-state index >= 15 is 4.79 Å². The molecule has 12 heteroatoms. The summed E-state index contributed by atoms with van der Waals surface area (Å²) < 4.78 is 34.6. The fourth-order valence-corrected chi connectivity index (χ4v) is 9.99. The van der Waals surface area contributed by atoms with Gasteiger partial charge in [-0.25, -0.2) is 14.1 Å². The van der Waals surface area contributed by atoms with Crippen LogP contribution >= 0.6 is 34.4 Å². The quantitative estimate of drug-likeness (QED) is 0.0997. The number of nitrogens with one attached hydrogen (secondary N) is 1. The number of benzene rings is 4. The van der Waals surface area contributed by atoms with Crippen molar-refractivity contribution in [2.24, 2.45) is 0 Å². The topological polar surface area (TPSA) is 77.1 Å². The molecule has 0 unspecified atom stereocenters. The number of amides is 2. The van der Waals surface area contributed by atoms with Crippen LogP contribution in [0.1, 0.15) is 76.4 Å². The van der Waals surface area contributed by atoms with Crippen molar-refractivity contribution in [2.75, 3.05) is 17.7 Å². The molecule has 0 saturated carbocycles. The highest BCUT2D eigenvalue weighted by Gasteiger charge is 2.46. The molecular formula is C44H56FIN2O5SSi2. The van der Waals surface area contributed by atoms with E-state index in [0.717, 1.165) is 31.7 Å². The Hall–Kier alpha value is -3.18. The van der Waals surface area contributed by atoms with Gasteiger partial charge in [-0.05, 0) is 124 Å². The Kier molecular flexibility index (Phi) is 13.9. The minimum Gasteiger partial charge on any atom is -0.544 e. The predicted octanol–water partition coefficient (Wildman–Crippen LogP) is 12.6. The van der Waals surface area contributed by atoms with Crippen LogP contribution in [0.3, 0.4) is 0 Å². The molecule has 1 aliphatic rings. The molecule has 0 aromatic heterocycles. The molecule has 5 rings (SSSR count). The van der Waals surface area contributed by atoms with E-state index in [2.05, 4.69) is 95.6 Å². The first-order valence-electron chi connectivity index (χ1n) is 19.1. The molecular weight excluding hydrogens is 871 g/mol. The van der Waals surface area contributed by atoms with Crippen LogP contribution in [0.4, 0.5) is 14.9 Å². The Bertz CT molecular complexity index is 1940. The maximum atomic E-state index is 15.3. The average molecular weight is 927 g/mol. The second-order valence-electron chi connectivity index (χ2n) is 17.4. The molecule has 300 valence electrons. The Morgan fingerprint density at radius 1 is 0.857 bits per heavy atom. The fraction of sp³-hybridized carbons (Fsp3) is 0.409. The lowest BCUT2D eigenvalue weighted by atomic mass is 10.0. The van der Waals surface area contributed by atoms with Gasteiger partial charge in [-0.3, -0.25) is 4.79 Å². The lowest BCUT2D eigenvalue weighted by Gasteiger charge is -2.40. The highest BCUT2D eigenvalue weighted by molar-refractivity contribution is 14.1. The van der Waals surface area contributed by atoms with Gasteiger partial charge in [0.05, 0.1) is 12.1 Å². The minimum absolute atomic E-state index is 0.0158. The largest absolute Gasteiger partial charge is 0.544 e. The van der Waals surface area contributed by atoms with Crippen LogP contribution in [-0.2, 0) is 14.0 Å². The van der Waals surface area contributed by atoms with E-state index in [0.29, 0.717) is 5.75 Å². The van der Waals surface area contributed by atoms with Crippen LogP contribution in [0.2, 0.25) is 36.3 Å². The molecule has 1 aliphatic heterocycles. The number of anilines is 1. The number of ether oxygens (including phenoxy) is 1. The lowest BCUT2D eigenvalue weighted by molar-refractivity contribution is -0.129.